The van der Waals surface area contributed by atoms with Crippen LogP contribution in [-0.2, 0) is 28.1 Å². The second-order valence-electron chi connectivity index (χ2n) is 12.5. The Kier molecular flexibility index (Phi) is 9.15. The van der Waals surface area contributed by atoms with Crippen LogP contribution in [0.2, 0.25) is 18.1 Å². The molecular weight excluding hydrogens is 448 g/mol. The monoisotopic (exact) mass is 498 g/mol. The van der Waals surface area contributed by atoms with E-state index in [0.29, 0.717) is 19.1 Å². The Morgan fingerprint density at radius 2 is 1.85 bits per heavy atom. The van der Waals surface area contributed by atoms with Gasteiger partial charge in [-0.05, 0) is 76.4 Å². The lowest BCUT2D eigenvalue weighted by Crippen LogP contribution is -2.56. The third kappa shape index (κ3) is 7.15. The maximum Gasteiger partial charge on any atom is 0.283 e. The minimum absolute atomic E-state index is 0.0542. The van der Waals surface area contributed by atoms with Gasteiger partial charge in [-0.2, -0.15) is 0 Å². The molecule has 0 aromatic rings. The highest BCUT2D eigenvalue weighted by atomic mass is 28.4. The van der Waals surface area contributed by atoms with Gasteiger partial charge in [0.2, 0.25) is 0 Å². The van der Waals surface area contributed by atoms with Gasteiger partial charge in [-0.3, -0.25) is 0 Å². The molecule has 7 heteroatoms. The van der Waals surface area contributed by atoms with Gasteiger partial charge in [-0.1, -0.05) is 33.8 Å². The van der Waals surface area contributed by atoms with Gasteiger partial charge in [-0.25, -0.2) is 0 Å². The Balaban J connectivity index is 1.66. The van der Waals surface area contributed by atoms with Crippen LogP contribution in [0.4, 0.5) is 0 Å². The fourth-order valence-corrected chi connectivity index (χ4v) is 6.32. The molecule has 0 aromatic carbocycles. The fraction of sp³-hybridized carbons (Fsp3) is 0.926. The van der Waals surface area contributed by atoms with E-state index < -0.39 is 20.1 Å². The van der Waals surface area contributed by atoms with E-state index in [2.05, 4.69) is 47.4 Å². The Hall–Kier alpha value is -0.283. The molecule has 0 aromatic heterocycles. The number of ether oxygens (including phenoxy) is 5. The van der Waals surface area contributed by atoms with Gasteiger partial charge < -0.3 is 28.1 Å². The molecule has 1 spiro atoms. The molecule has 6 nitrogen and oxygen atoms in total. The van der Waals surface area contributed by atoms with E-state index in [9.17, 15) is 0 Å². The quantitative estimate of drug-likeness (QED) is 0.204. The summed E-state index contributed by atoms with van der Waals surface area (Å²) in [6.07, 6.45) is 8.57. The predicted molar refractivity (Wildman–Crippen MR) is 137 cm³/mol. The molecule has 3 saturated heterocycles. The van der Waals surface area contributed by atoms with E-state index in [1.165, 1.54) is 0 Å². The van der Waals surface area contributed by atoms with Crippen LogP contribution in [0.25, 0.3) is 0 Å². The summed E-state index contributed by atoms with van der Waals surface area (Å²) in [4.78, 5) is 0. The van der Waals surface area contributed by atoms with Crippen LogP contribution in [0.5, 0.6) is 0 Å². The van der Waals surface area contributed by atoms with E-state index in [0.717, 1.165) is 44.9 Å². The van der Waals surface area contributed by atoms with Gasteiger partial charge >= 0.3 is 0 Å². The minimum atomic E-state index is -1.89. The highest BCUT2D eigenvalue weighted by molar-refractivity contribution is 6.74. The standard InChI is InChI=1S/C27H50O6Si/c1-10-11-12-13-22(33-34(8,9)25(3,4)5)18-21-15-17-28-27(30-21)16-14-20(2)24(32-27)23-19-29-26(6,7)31-23/h10,20-24H,1,11-19H2,2-9H3/t20-,21+,22+,23-,24-,27-/m1/s1. The zero-order valence-corrected chi connectivity index (χ0v) is 24.0. The van der Waals surface area contributed by atoms with Gasteiger partial charge in [-0.15, -0.1) is 6.58 Å². The van der Waals surface area contributed by atoms with Gasteiger partial charge in [0.25, 0.3) is 5.97 Å². The summed E-state index contributed by atoms with van der Waals surface area (Å²) in [5, 5.41) is 0.175. The van der Waals surface area contributed by atoms with Crippen LogP contribution in [-0.4, -0.2) is 57.7 Å². The van der Waals surface area contributed by atoms with Gasteiger partial charge in [0.15, 0.2) is 14.1 Å². The molecule has 3 aliphatic rings. The van der Waals surface area contributed by atoms with E-state index in [4.69, 9.17) is 28.1 Å². The molecular formula is C27H50O6Si. The maximum absolute atomic E-state index is 6.88. The lowest BCUT2D eigenvalue weighted by molar-refractivity contribution is -0.449. The molecule has 0 radical (unpaired) electrons. The topological polar surface area (TPSA) is 55.4 Å². The van der Waals surface area contributed by atoms with Crippen LogP contribution in [0.3, 0.4) is 0 Å². The zero-order valence-electron chi connectivity index (χ0n) is 23.0. The first-order valence-electron chi connectivity index (χ1n) is 13.4. The molecule has 3 fully saturated rings. The number of hydrogen-bond acceptors (Lipinski definition) is 6. The van der Waals surface area contributed by atoms with Crippen molar-refractivity contribution in [3.8, 4) is 0 Å². The summed E-state index contributed by atoms with van der Waals surface area (Å²) >= 11 is 0. The van der Waals surface area contributed by atoms with Crippen molar-refractivity contribution in [2.75, 3.05) is 13.2 Å². The molecule has 0 amide bonds. The Morgan fingerprint density at radius 1 is 1.12 bits per heavy atom. The summed E-state index contributed by atoms with van der Waals surface area (Å²) < 4.78 is 38.2. The fourth-order valence-electron chi connectivity index (χ4n) is 4.92. The minimum Gasteiger partial charge on any atom is -0.414 e. The highest BCUT2D eigenvalue weighted by Crippen LogP contribution is 2.43. The number of allylic oxidation sites excluding steroid dienone is 1. The molecule has 34 heavy (non-hydrogen) atoms. The van der Waals surface area contributed by atoms with Crippen LogP contribution in [0, 0.1) is 5.92 Å². The Bertz CT molecular complexity index is 675. The maximum atomic E-state index is 6.88. The van der Waals surface area contributed by atoms with Crippen molar-refractivity contribution in [3.63, 3.8) is 0 Å². The average molecular weight is 499 g/mol. The van der Waals surface area contributed by atoms with Crippen molar-refractivity contribution in [1.82, 2.24) is 0 Å². The first-order valence-corrected chi connectivity index (χ1v) is 16.3. The van der Waals surface area contributed by atoms with Crippen molar-refractivity contribution in [2.45, 2.75) is 141 Å². The molecule has 3 rings (SSSR count). The molecule has 6 atom stereocenters. The summed E-state index contributed by atoms with van der Waals surface area (Å²) in [6, 6.07) is 0. The number of rotatable bonds is 9. The van der Waals surface area contributed by atoms with Gasteiger partial charge in [0, 0.05) is 12.5 Å². The molecule has 0 saturated carbocycles. The predicted octanol–water partition coefficient (Wildman–Crippen LogP) is 6.55. The van der Waals surface area contributed by atoms with E-state index >= 15 is 0 Å². The van der Waals surface area contributed by atoms with Crippen molar-refractivity contribution >= 4 is 8.32 Å². The van der Waals surface area contributed by atoms with Crippen molar-refractivity contribution in [3.05, 3.63) is 12.7 Å². The third-order valence-electron chi connectivity index (χ3n) is 8.01. The Labute approximate surface area is 209 Å². The summed E-state index contributed by atoms with van der Waals surface area (Å²) in [5.74, 6) is -1.21. The molecule has 3 heterocycles. The number of hydrogen-bond donors (Lipinski definition) is 0. The highest BCUT2D eigenvalue weighted by Gasteiger charge is 2.51. The second kappa shape index (κ2) is 11.0. The normalized spacial score (nSPS) is 35.4. The first-order chi connectivity index (χ1) is 15.8. The largest absolute Gasteiger partial charge is 0.414 e. The molecule has 198 valence electrons. The molecule has 0 unspecified atom stereocenters. The SMILES string of the molecule is C=CCCC[C@@H](C[C@@H]1CCO[C@]2(CC[C@@H](C)[C@H]([C@H]3COC(C)(C)O3)O2)O1)O[Si](C)(C)C(C)(C)C. The van der Waals surface area contributed by atoms with Crippen molar-refractivity contribution < 1.29 is 28.1 Å². The average Bonchev–Trinajstić information content (AvgIpc) is 3.09. The van der Waals surface area contributed by atoms with Crippen LogP contribution in [0.1, 0.15) is 86.5 Å². The van der Waals surface area contributed by atoms with Crippen molar-refractivity contribution in [1.29, 1.82) is 0 Å². The Morgan fingerprint density at radius 3 is 2.47 bits per heavy atom. The van der Waals surface area contributed by atoms with E-state index in [1.807, 2.05) is 19.9 Å². The number of unbranched alkanes of at least 4 members (excludes halogenated alkanes) is 1. The van der Waals surface area contributed by atoms with Crippen LogP contribution >= 0.6 is 0 Å². The summed E-state index contributed by atoms with van der Waals surface area (Å²) in [6.45, 7) is 22.8. The van der Waals surface area contributed by atoms with Crippen molar-refractivity contribution in [2.24, 2.45) is 5.92 Å². The molecule has 3 aliphatic heterocycles. The molecule has 0 bridgehead atoms. The van der Waals surface area contributed by atoms with E-state index in [-0.39, 0.29) is 29.5 Å². The van der Waals surface area contributed by atoms with E-state index in [1.54, 1.807) is 0 Å². The lowest BCUT2D eigenvalue weighted by atomic mass is 9.91. The first kappa shape index (κ1) is 28.3. The molecule has 0 N–H and O–H groups in total. The molecule has 0 aliphatic carbocycles. The second-order valence-corrected chi connectivity index (χ2v) is 17.2. The summed E-state index contributed by atoms with van der Waals surface area (Å²) in [7, 11) is -1.89. The zero-order chi connectivity index (χ0) is 25.2. The van der Waals surface area contributed by atoms with Gasteiger partial charge in [0.1, 0.15) is 6.10 Å². The van der Waals surface area contributed by atoms with Gasteiger partial charge in [0.05, 0.1) is 25.4 Å². The van der Waals surface area contributed by atoms with Crippen LogP contribution in [0.15, 0.2) is 12.7 Å². The van der Waals surface area contributed by atoms with Crippen LogP contribution < -0.4 is 0 Å². The summed E-state index contributed by atoms with van der Waals surface area (Å²) in [5.41, 5.74) is 0. The smallest absolute Gasteiger partial charge is 0.283 e. The third-order valence-corrected chi connectivity index (χ3v) is 12.5. The lowest BCUT2D eigenvalue weighted by Gasteiger charge is -2.48.